The predicted molar refractivity (Wildman–Crippen MR) is 133 cm³/mol. The molecule has 0 atom stereocenters. The first-order chi connectivity index (χ1) is 17.0. The molecule has 6 rings (SSSR count). The molecule has 2 amide bonds. The van der Waals surface area contributed by atoms with Crippen LogP contribution in [0.2, 0.25) is 0 Å². The molecule has 0 bridgehead atoms. The molecule has 11 heteroatoms. The monoisotopic (exact) mass is 473 g/mol. The number of aromatic nitrogens is 4. The average Bonchev–Trinajstić information content (AvgIpc) is 3.48. The van der Waals surface area contributed by atoms with Crippen LogP contribution in [-0.2, 0) is 9.59 Å². The number of carbonyl (C=O) groups is 2. The van der Waals surface area contributed by atoms with Gasteiger partial charge in [-0.05, 0) is 50.2 Å². The zero-order valence-corrected chi connectivity index (χ0v) is 19.5. The molecule has 2 aliphatic heterocycles. The Balaban J connectivity index is 1.29. The number of nitrogens with zero attached hydrogens (tertiary/aromatic N) is 6. The van der Waals surface area contributed by atoms with Crippen molar-refractivity contribution in [3.05, 3.63) is 41.6 Å². The van der Waals surface area contributed by atoms with E-state index in [0.29, 0.717) is 34.7 Å². The third-order valence-corrected chi connectivity index (χ3v) is 6.52. The maximum atomic E-state index is 12.0. The highest BCUT2D eigenvalue weighted by molar-refractivity contribution is 6.15. The van der Waals surface area contributed by atoms with E-state index in [0.717, 1.165) is 44.7 Å². The van der Waals surface area contributed by atoms with Crippen molar-refractivity contribution in [2.75, 3.05) is 48.8 Å². The number of likely N-dealkylation sites (N-methyl/N-ethyl adjacent to an activating group) is 1. The molecule has 0 unspecified atom stereocenters. The van der Waals surface area contributed by atoms with E-state index in [-0.39, 0.29) is 18.2 Å². The van der Waals surface area contributed by atoms with Gasteiger partial charge in [-0.15, -0.1) is 0 Å². The molecule has 2 aromatic heterocycles. The van der Waals surface area contributed by atoms with Crippen LogP contribution in [0.1, 0.15) is 24.8 Å². The van der Waals surface area contributed by atoms with Gasteiger partial charge in [0.2, 0.25) is 17.8 Å². The first kappa shape index (κ1) is 21.5. The molecule has 1 aromatic carbocycles. The number of piperazine rings is 1. The Morgan fingerprint density at radius 3 is 2.51 bits per heavy atom. The molecule has 1 aliphatic carbocycles. The number of anilines is 4. The normalized spacial score (nSPS) is 20.0. The summed E-state index contributed by atoms with van der Waals surface area (Å²) in [5, 5.41) is 13.5. The fourth-order valence-corrected chi connectivity index (χ4v) is 4.31. The van der Waals surface area contributed by atoms with Gasteiger partial charge in [0.25, 0.3) is 5.91 Å². The van der Waals surface area contributed by atoms with Crippen LogP contribution in [0.5, 0.6) is 0 Å². The first-order valence-electron chi connectivity index (χ1n) is 11.9. The second-order valence-electron chi connectivity index (χ2n) is 9.31. The van der Waals surface area contributed by atoms with Crippen molar-refractivity contribution in [2.24, 2.45) is 0 Å². The van der Waals surface area contributed by atoms with Crippen molar-refractivity contribution < 1.29 is 9.59 Å². The van der Waals surface area contributed by atoms with Gasteiger partial charge in [0, 0.05) is 54.7 Å². The van der Waals surface area contributed by atoms with Crippen LogP contribution < -0.4 is 20.9 Å². The lowest BCUT2D eigenvalue weighted by Crippen LogP contribution is -2.44. The molecule has 1 saturated carbocycles. The SMILES string of the molecule is CN1CCN(c2ccc(Nc3nc(NC4CC4)n4ncc(/C=C5\CC(=O)NC5=O)c4n3)cc2)CC1. The van der Waals surface area contributed by atoms with E-state index in [1.807, 2.05) is 12.1 Å². The lowest BCUT2D eigenvalue weighted by atomic mass is 10.1. The molecule has 0 radical (unpaired) electrons. The Morgan fingerprint density at radius 1 is 1.06 bits per heavy atom. The summed E-state index contributed by atoms with van der Waals surface area (Å²) >= 11 is 0. The summed E-state index contributed by atoms with van der Waals surface area (Å²) in [6.07, 6.45) is 5.54. The minimum absolute atomic E-state index is 0.0548. The maximum Gasteiger partial charge on any atom is 0.254 e. The number of amides is 2. The summed E-state index contributed by atoms with van der Waals surface area (Å²) < 4.78 is 1.64. The lowest BCUT2D eigenvalue weighted by molar-refractivity contribution is -0.124. The number of fused-ring (bicyclic) bond motifs is 1. The summed E-state index contributed by atoms with van der Waals surface area (Å²) in [7, 11) is 2.15. The number of hydrogen-bond acceptors (Lipinski definition) is 9. The Morgan fingerprint density at radius 2 is 1.83 bits per heavy atom. The molecule has 11 nitrogen and oxygen atoms in total. The molecule has 3 aliphatic rings. The van der Waals surface area contributed by atoms with E-state index >= 15 is 0 Å². The predicted octanol–water partition coefficient (Wildman–Crippen LogP) is 1.62. The average molecular weight is 474 g/mol. The Labute approximate surface area is 202 Å². The molecule has 3 aromatic rings. The van der Waals surface area contributed by atoms with Crippen molar-refractivity contribution in [3.63, 3.8) is 0 Å². The summed E-state index contributed by atoms with van der Waals surface area (Å²) in [5.74, 6) is 0.343. The summed E-state index contributed by atoms with van der Waals surface area (Å²) in [6.45, 7) is 4.15. The number of nitrogens with one attached hydrogen (secondary N) is 3. The van der Waals surface area contributed by atoms with E-state index in [2.05, 4.69) is 60.0 Å². The van der Waals surface area contributed by atoms with Crippen LogP contribution >= 0.6 is 0 Å². The van der Waals surface area contributed by atoms with Crippen molar-refractivity contribution >= 4 is 46.8 Å². The number of benzene rings is 1. The van der Waals surface area contributed by atoms with E-state index in [9.17, 15) is 9.59 Å². The maximum absolute atomic E-state index is 12.0. The summed E-state index contributed by atoms with van der Waals surface area (Å²) in [6, 6.07) is 8.65. The standard InChI is InChI=1S/C24H27N9O2/c1-31-8-10-32(11-9-31)19-6-4-17(5-7-19)26-23-29-21-16(12-15-13-20(34)28-22(15)35)14-25-33(21)24(30-23)27-18-2-3-18/h4-7,12,14,18H,2-3,8-11,13H2,1H3,(H,28,34,35)(H2,26,27,29,30)/b15-12+. The second kappa shape index (κ2) is 8.66. The molecular formula is C24H27N9O2. The zero-order chi connectivity index (χ0) is 23.9. The number of hydrogen-bond donors (Lipinski definition) is 3. The number of carbonyl (C=O) groups excluding carboxylic acids is 2. The van der Waals surface area contributed by atoms with Gasteiger partial charge in [-0.2, -0.15) is 19.6 Å². The smallest absolute Gasteiger partial charge is 0.254 e. The highest BCUT2D eigenvalue weighted by Crippen LogP contribution is 2.27. The topological polar surface area (TPSA) is 120 Å². The largest absolute Gasteiger partial charge is 0.369 e. The van der Waals surface area contributed by atoms with Gasteiger partial charge in [-0.25, -0.2) is 0 Å². The van der Waals surface area contributed by atoms with E-state index < -0.39 is 0 Å². The van der Waals surface area contributed by atoms with Crippen molar-refractivity contribution in [2.45, 2.75) is 25.3 Å². The van der Waals surface area contributed by atoms with Crippen LogP contribution in [0.3, 0.4) is 0 Å². The number of imide groups is 1. The fourth-order valence-electron chi connectivity index (χ4n) is 4.31. The Hall–Kier alpha value is -3.99. The molecule has 3 N–H and O–H groups in total. The van der Waals surface area contributed by atoms with Crippen molar-refractivity contribution in [3.8, 4) is 0 Å². The zero-order valence-electron chi connectivity index (χ0n) is 19.5. The van der Waals surface area contributed by atoms with Crippen LogP contribution in [0.4, 0.5) is 23.3 Å². The van der Waals surface area contributed by atoms with Gasteiger partial charge < -0.3 is 20.4 Å². The van der Waals surface area contributed by atoms with Crippen molar-refractivity contribution in [1.29, 1.82) is 0 Å². The summed E-state index contributed by atoms with van der Waals surface area (Å²) in [4.78, 5) is 37.7. The highest BCUT2D eigenvalue weighted by Gasteiger charge is 2.26. The van der Waals surface area contributed by atoms with Crippen LogP contribution in [-0.4, -0.2) is 75.6 Å². The van der Waals surface area contributed by atoms with Gasteiger partial charge in [0.15, 0.2) is 5.65 Å². The quantitative estimate of drug-likeness (QED) is 0.362. The first-order valence-corrected chi connectivity index (χ1v) is 11.9. The molecular weight excluding hydrogens is 446 g/mol. The molecule has 35 heavy (non-hydrogen) atoms. The van der Waals surface area contributed by atoms with Crippen LogP contribution in [0.25, 0.3) is 11.7 Å². The minimum Gasteiger partial charge on any atom is -0.369 e. The number of rotatable bonds is 6. The van der Waals surface area contributed by atoms with Gasteiger partial charge in [0.05, 0.1) is 12.6 Å². The Kier molecular flexibility index (Phi) is 5.33. The van der Waals surface area contributed by atoms with Crippen LogP contribution in [0.15, 0.2) is 36.0 Å². The summed E-state index contributed by atoms with van der Waals surface area (Å²) in [5.41, 5.74) is 3.68. The van der Waals surface area contributed by atoms with Gasteiger partial charge in [0.1, 0.15) is 0 Å². The van der Waals surface area contributed by atoms with Crippen LogP contribution in [0, 0.1) is 0 Å². The minimum atomic E-state index is -0.376. The van der Waals surface area contributed by atoms with E-state index in [1.54, 1.807) is 16.8 Å². The Bertz CT molecular complexity index is 1320. The lowest BCUT2D eigenvalue weighted by Gasteiger charge is -2.34. The van der Waals surface area contributed by atoms with Gasteiger partial charge in [-0.3, -0.25) is 14.9 Å². The van der Waals surface area contributed by atoms with Gasteiger partial charge in [-0.1, -0.05) is 0 Å². The van der Waals surface area contributed by atoms with Gasteiger partial charge >= 0.3 is 0 Å². The third-order valence-electron chi connectivity index (χ3n) is 6.52. The van der Waals surface area contributed by atoms with E-state index in [1.165, 1.54) is 5.69 Å². The molecule has 4 heterocycles. The van der Waals surface area contributed by atoms with E-state index in [4.69, 9.17) is 0 Å². The second-order valence-corrected chi connectivity index (χ2v) is 9.31. The highest BCUT2D eigenvalue weighted by atomic mass is 16.2. The fraction of sp³-hybridized carbons (Fsp3) is 0.375. The molecule has 0 spiro atoms. The third kappa shape index (κ3) is 4.54. The molecule has 3 fully saturated rings. The molecule has 180 valence electrons. The van der Waals surface area contributed by atoms with Crippen molar-refractivity contribution in [1.82, 2.24) is 29.8 Å². The molecule has 2 saturated heterocycles.